The number of benzene rings is 2. The van der Waals surface area contributed by atoms with Crippen LogP contribution >= 0.6 is 0 Å². The number of amides is 1. The van der Waals surface area contributed by atoms with Gasteiger partial charge in [0.1, 0.15) is 0 Å². The molecule has 26 heavy (non-hydrogen) atoms. The molecule has 6 nitrogen and oxygen atoms in total. The third-order valence-electron chi connectivity index (χ3n) is 3.41. The van der Waals surface area contributed by atoms with E-state index in [0.29, 0.717) is 6.07 Å². The minimum Gasteiger partial charge on any atom is -0.280 e. The molecule has 0 spiro atoms. The third-order valence-corrected chi connectivity index (χ3v) is 4.81. The van der Waals surface area contributed by atoms with E-state index in [1.165, 1.54) is 44.5 Å². The molecule has 0 radical (unpaired) electrons. The number of anilines is 1. The topological polar surface area (TPSA) is 75.7 Å². The number of carbonyl (C=O) groups is 1. The summed E-state index contributed by atoms with van der Waals surface area (Å²) in [7, 11) is -1.43. The Morgan fingerprint density at radius 2 is 1.73 bits per heavy atom. The Morgan fingerprint density at radius 3 is 2.27 bits per heavy atom. The van der Waals surface area contributed by atoms with E-state index in [9.17, 15) is 26.4 Å². The van der Waals surface area contributed by atoms with Crippen molar-refractivity contribution in [1.82, 2.24) is 5.06 Å². The van der Waals surface area contributed by atoms with E-state index >= 15 is 0 Å². The van der Waals surface area contributed by atoms with Crippen LogP contribution in [0.4, 0.5) is 18.9 Å². The van der Waals surface area contributed by atoms with Crippen molar-refractivity contribution in [3.8, 4) is 0 Å². The van der Waals surface area contributed by atoms with Gasteiger partial charge >= 0.3 is 6.18 Å². The molecule has 0 heterocycles. The Morgan fingerprint density at radius 1 is 1.12 bits per heavy atom. The molecule has 2 aromatic rings. The van der Waals surface area contributed by atoms with E-state index in [0.717, 1.165) is 17.2 Å². The number of hydroxylamine groups is 2. The number of carbonyl (C=O) groups excluding carboxylic acids is 1. The van der Waals surface area contributed by atoms with Gasteiger partial charge in [0.05, 0.1) is 17.6 Å². The fraction of sp³-hybridized carbons (Fsp3) is 0.188. The zero-order valence-electron chi connectivity index (χ0n) is 13.7. The molecule has 0 aromatic heterocycles. The molecular weight excluding hydrogens is 373 g/mol. The molecule has 0 unspecified atom stereocenters. The first kappa shape index (κ1) is 19.7. The minimum atomic E-state index is -4.59. The van der Waals surface area contributed by atoms with E-state index in [2.05, 4.69) is 4.72 Å². The van der Waals surface area contributed by atoms with Crippen LogP contribution in [0.25, 0.3) is 0 Å². The molecular formula is C16H15F3N2O4S. The van der Waals surface area contributed by atoms with Gasteiger partial charge in [-0.15, -0.1) is 0 Å². The lowest BCUT2D eigenvalue weighted by molar-refractivity contribution is -0.137. The Kier molecular flexibility index (Phi) is 5.57. The lowest BCUT2D eigenvalue weighted by atomic mass is 10.2. The number of hydrogen-bond donors (Lipinski definition) is 1. The van der Waals surface area contributed by atoms with Crippen LogP contribution in [0.2, 0.25) is 0 Å². The Hall–Kier alpha value is -2.59. The molecule has 0 saturated heterocycles. The van der Waals surface area contributed by atoms with Crippen molar-refractivity contribution in [2.75, 3.05) is 18.9 Å². The molecule has 10 heteroatoms. The second-order valence-corrected chi connectivity index (χ2v) is 6.88. The summed E-state index contributed by atoms with van der Waals surface area (Å²) in [6, 6.07) is 8.74. The molecule has 2 aromatic carbocycles. The van der Waals surface area contributed by atoms with Crippen LogP contribution in [0.5, 0.6) is 0 Å². The van der Waals surface area contributed by atoms with Crippen molar-refractivity contribution < 1.29 is 31.2 Å². The van der Waals surface area contributed by atoms with Gasteiger partial charge in [-0.2, -0.15) is 13.2 Å². The molecule has 2 rings (SSSR count). The van der Waals surface area contributed by atoms with Crippen molar-refractivity contribution in [2.45, 2.75) is 11.1 Å². The van der Waals surface area contributed by atoms with Gasteiger partial charge < -0.3 is 0 Å². The first-order valence-electron chi connectivity index (χ1n) is 7.17. The molecule has 1 N–H and O–H groups in total. The van der Waals surface area contributed by atoms with Gasteiger partial charge in [-0.1, -0.05) is 6.07 Å². The lowest BCUT2D eigenvalue weighted by Crippen LogP contribution is -2.25. The fourth-order valence-electron chi connectivity index (χ4n) is 2.01. The highest BCUT2D eigenvalue weighted by atomic mass is 32.2. The average Bonchev–Trinajstić information content (AvgIpc) is 2.59. The van der Waals surface area contributed by atoms with Crippen LogP contribution in [0.1, 0.15) is 15.9 Å². The summed E-state index contributed by atoms with van der Waals surface area (Å²) in [4.78, 5) is 16.4. The number of nitrogens with zero attached hydrogens (tertiary/aromatic N) is 1. The maximum atomic E-state index is 12.7. The molecule has 140 valence electrons. The van der Waals surface area contributed by atoms with Crippen molar-refractivity contribution in [1.29, 1.82) is 0 Å². The van der Waals surface area contributed by atoms with Crippen molar-refractivity contribution in [3.05, 3.63) is 59.7 Å². The second-order valence-electron chi connectivity index (χ2n) is 5.19. The van der Waals surface area contributed by atoms with Gasteiger partial charge in [0.25, 0.3) is 15.9 Å². The van der Waals surface area contributed by atoms with Gasteiger partial charge in [-0.3, -0.25) is 14.4 Å². The van der Waals surface area contributed by atoms with Gasteiger partial charge in [-0.25, -0.2) is 13.5 Å². The summed E-state index contributed by atoms with van der Waals surface area (Å²) in [5.41, 5.74) is -1.01. The second kappa shape index (κ2) is 7.34. The van der Waals surface area contributed by atoms with E-state index in [4.69, 9.17) is 4.84 Å². The molecule has 0 aliphatic rings. The van der Waals surface area contributed by atoms with Gasteiger partial charge in [-0.05, 0) is 42.5 Å². The minimum absolute atomic E-state index is 0.187. The lowest BCUT2D eigenvalue weighted by Gasteiger charge is -2.14. The molecule has 0 fully saturated rings. The Balaban J connectivity index is 2.24. The largest absolute Gasteiger partial charge is 0.416 e. The van der Waals surface area contributed by atoms with E-state index in [1.54, 1.807) is 0 Å². The SMILES string of the molecule is CON(C)C(=O)c1ccc(S(=O)(=O)Nc2cccc(C(F)(F)F)c2)cc1. The van der Waals surface area contributed by atoms with E-state index < -0.39 is 27.7 Å². The standard InChI is InChI=1S/C16H15F3N2O4S/c1-21(25-2)15(22)11-6-8-14(9-7-11)26(23,24)20-13-5-3-4-12(10-13)16(17,18)19/h3-10,20H,1-2H3. The molecule has 1 amide bonds. The average molecular weight is 388 g/mol. The maximum Gasteiger partial charge on any atom is 0.416 e. The number of alkyl halides is 3. The normalized spacial score (nSPS) is 11.9. The first-order chi connectivity index (χ1) is 12.0. The fourth-order valence-corrected chi connectivity index (χ4v) is 3.06. The first-order valence-corrected chi connectivity index (χ1v) is 8.65. The van der Waals surface area contributed by atoms with Gasteiger partial charge in [0.15, 0.2) is 0 Å². The van der Waals surface area contributed by atoms with Crippen LogP contribution < -0.4 is 4.72 Å². The van der Waals surface area contributed by atoms with Crippen molar-refractivity contribution >= 4 is 21.6 Å². The number of halogens is 3. The highest BCUT2D eigenvalue weighted by Gasteiger charge is 2.30. The number of hydrogen-bond acceptors (Lipinski definition) is 4. The van der Waals surface area contributed by atoms with Gasteiger partial charge in [0, 0.05) is 18.3 Å². The van der Waals surface area contributed by atoms with Crippen LogP contribution in [-0.2, 0) is 21.0 Å². The number of sulfonamides is 1. The summed E-state index contributed by atoms with van der Waals surface area (Å²) < 4.78 is 64.9. The molecule has 0 bridgehead atoms. The van der Waals surface area contributed by atoms with Crippen LogP contribution in [-0.4, -0.2) is 33.5 Å². The summed E-state index contributed by atoms with van der Waals surface area (Å²) in [6.07, 6.45) is -4.59. The summed E-state index contributed by atoms with van der Waals surface area (Å²) in [6.45, 7) is 0. The Bertz CT molecular complexity index is 896. The van der Waals surface area contributed by atoms with Crippen molar-refractivity contribution in [3.63, 3.8) is 0 Å². The number of rotatable bonds is 5. The quantitative estimate of drug-likeness (QED) is 0.799. The predicted molar refractivity (Wildman–Crippen MR) is 87.8 cm³/mol. The third kappa shape index (κ3) is 4.52. The molecule has 0 saturated carbocycles. The summed E-state index contributed by atoms with van der Waals surface area (Å²) >= 11 is 0. The van der Waals surface area contributed by atoms with Crippen LogP contribution in [0.15, 0.2) is 53.4 Å². The summed E-state index contributed by atoms with van der Waals surface area (Å²) in [5.74, 6) is -0.484. The van der Waals surface area contributed by atoms with Crippen molar-refractivity contribution in [2.24, 2.45) is 0 Å². The molecule has 0 atom stereocenters. The monoisotopic (exact) mass is 388 g/mol. The number of nitrogens with one attached hydrogen (secondary N) is 1. The maximum absolute atomic E-state index is 12.7. The highest BCUT2D eigenvalue weighted by molar-refractivity contribution is 7.92. The highest BCUT2D eigenvalue weighted by Crippen LogP contribution is 2.31. The van der Waals surface area contributed by atoms with Crippen LogP contribution in [0, 0.1) is 0 Å². The smallest absolute Gasteiger partial charge is 0.280 e. The molecule has 0 aliphatic carbocycles. The zero-order valence-corrected chi connectivity index (χ0v) is 14.6. The van der Waals surface area contributed by atoms with Gasteiger partial charge in [0.2, 0.25) is 0 Å². The molecule has 0 aliphatic heterocycles. The predicted octanol–water partition coefficient (Wildman–Crippen LogP) is 3.14. The van der Waals surface area contributed by atoms with E-state index in [1.807, 2.05) is 0 Å². The Labute approximate surface area is 148 Å². The zero-order chi connectivity index (χ0) is 19.5. The van der Waals surface area contributed by atoms with E-state index in [-0.39, 0.29) is 16.1 Å². The summed E-state index contributed by atoms with van der Waals surface area (Å²) in [5, 5.41) is 0.963. The van der Waals surface area contributed by atoms with Crippen LogP contribution in [0.3, 0.4) is 0 Å².